The van der Waals surface area contributed by atoms with Gasteiger partial charge in [0.25, 0.3) is 5.91 Å². The summed E-state index contributed by atoms with van der Waals surface area (Å²) in [5.74, 6) is 1.20. The summed E-state index contributed by atoms with van der Waals surface area (Å²) in [5.41, 5.74) is 3.85. The summed E-state index contributed by atoms with van der Waals surface area (Å²) in [4.78, 5) is 14.7. The maximum atomic E-state index is 12.5. The van der Waals surface area contributed by atoms with Gasteiger partial charge in [-0.05, 0) is 37.6 Å². The molecule has 1 aliphatic heterocycles. The first-order valence-corrected chi connectivity index (χ1v) is 9.07. The molecule has 144 valence electrons. The molecule has 0 spiro atoms. The average molecular weight is 370 g/mol. The second-order valence-corrected chi connectivity index (χ2v) is 6.59. The van der Waals surface area contributed by atoms with E-state index < -0.39 is 0 Å². The average Bonchev–Trinajstić information content (AvgIpc) is 2.68. The van der Waals surface area contributed by atoms with E-state index in [1.807, 2.05) is 50.2 Å². The van der Waals surface area contributed by atoms with Crippen LogP contribution in [0.2, 0.25) is 0 Å². The Morgan fingerprint density at radius 2 is 1.93 bits per heavy atom. The lowest BCUT2D eigenvalue weighted by Crippen LogP contribution is -2.37. The van der Waals surface area contributed by atoms with Crippen molar-refractivity contribution < 1.29 is 19.0 Å². The molecule has 6 heteroatoms. The van der Waals surface area contributed by atoms with Crippen LogP contribution in [0.5, 0.6) is 11.5 Å². The number of carbonyl (C=O) groups is 1. The number of amides is 1. The maximum Gasteiger partial charge on any atom is 0.262 e. The van der Waals surface area contributed by atoms with Gasteiger partial charge in [0.1, 0.15) is 11.5 Å². The molecule has 1 fully saturated rings. The van der Waals surface area contributed by atoms with Gasteiger partial charge in [-0.25, -0.2) is 0 Å². The summed E-state index contributed by atoms with van der Waals surface area (Å²) >= 11 is 0. The minimum Gasteiger partial charge on any atom is -0.497 e. The number of nitrogens with one attached hydrogen (secondary N) is 1. The molecule has 1 saturated heterocycles. The quantitative estimate of drug-likeness (QED) is 0.846. The SMILES string of the molecule is COc1ccc(N2CCOCC2)c(NC(=O)COc2ccc(C)cc2C)c1. The molecular formula is C21H26N2O4. The van der Waals surface area contributed by atoms with Crippen molar-refractivity contribution in [2.45, 2.75) is 13.8 Å². The Balaban J connectivity index is 1.70. The normalized spacial score (nSPS) is 14.0. The van der Waals surface area contributed by atoms with Gasteiger partial charge in [0.05, 0.1) is 31.7 Å². The monoisotopic (exact) mass is 370 g/mol. The van der Waals surface area contributed by atoms with Gasteiger partial charge >= 0.3 is 0 Å². The fourth-order valence-electron chi connectivity index (χ4n) is 3.11. The fraction of sp³-hybridized carbons (Fsp3) is 0.381. The molecule has 2 aromatic carbocycles. The number of hydrogen-bond acceptors (Lipinski definition) is 5. The second kappa shape index (κ2) is 8.77. The van der Waals surface area contributed by atoms with E-state index in [1.165, 1.54) is 0 Å². The maximum absolute atomic E-state index is 12.5. The number of methoxy groups -OCH3 is 1. The topological polar surface area (TPSA) is 60.0 Å². The highest BCUT2D eigenvalue weighted by molar-refractivity contribution is 5.95. The van der Waals surface area contributed by atoms with Crippen LogP contribution in [0.1, 0.15) is 11.1 Å². The van der Waals surface area contributed by atoms with Gasteiger partial charge in [-0.2, -0.15) is 0 Å². The van der Waals surface area contributed by atoms with Crippen molar-refractivity contribution in [3.8, 4) is 11.5 Å². The lowest BCUT2D eigenvalue weighted by molar-refractivity contribution is -0.118. The van der Waals surface area contributed by atoms with Crippen molar-refractivity contribution >= 4 is 17.3 Å². The molecule has 1 heterocycles. The van der Waals surface area contributed by atoms with E-state index in [4.69, 9.17) is 14.2 Å². The van der Waals surface area contributed by atoms with Gasteiger partial charge in [-0.3, -0.25) is 4.79 Å². The summed E-state index contributed by atoms with van der Waals surface area (Å²) in [6, 6.07) is 11.6. The van der Waals surface area contributed by atoms with E-state index >= 15 is 0 Å². The van der Waals surface area contributed by atoms with Crippen LogP contribution in [0.25, 0.3) is 0 Å². The van der Waals surface area contributed by atoms with E-state index in [2.05, 4.69) is 10.2 Å². The molecule has 0 aliphatic carbocycles. The summed E-state index contributed by atoms with van der Waals surface area (Å²) in [7, 11) is 1.61. The van der Waals surface area contributed by atoms with Crippen molar-refractivity contribution in [1.82, 2.24) is 0 Å². The Labute approximate surface area is 160 Å². The van der Waals surface area contributed by atoms with Gasteiger partial charge in [0.15, 0.2) is 6.61 Å². The Hall–Kier alpha value is -2.73. The van der Waals surface area contributed by atoms with Crippen LogP contribution >= 0.6 is 0 Å². The Bertz CT molecular complexity index is 801. The lowest BCUT2D eigenvalue weighted by Gasteiger charge is -2.30. The standard InChI is InChI=1S/C21H26N2O4/c1-15-4-7-20(16(2)12-15)27-14-21(24)22-18-13-17(25-3)5-6-19(18)23-8-10-26-11-9-23/h4-7,12-13H,8-11,14H2,1-3H3,(H,22,24). The summed E-state index contributed by atoms with van der Waals surface area (Å²) in [6.07, 6.45) is 0. The van der Waals surface area contributed by atoms with Crippen LogP contribution < -0.4 is 19.7 Å². The van der Waals surface area contributed by atoms with Gasteiger partial charge < -0.3 is 24.4 Å². The Morgan fingerprint density at radius 3 is 2.63 bits per heavy atom. The molecule has 6 nitrogen and oxygen atoms in total. The molecule has 2 aromatic rings. The first-order chi connectivity index (χ1) is 13.1. The molecule has 0 radical (unpaired) electrons. The van der Waals surface area contributed by atoms with Crippen molar-refractivity contribution in [2.75, 3.05) is 50.2 Å². The first kappa shape index (κ1) is 19.0. The molecule has 1 aliphatic rings. The number of benzene rings is 2. The molecule has 0 unspecified atom stereocenters. The van der Waals surface area contributed by atoms with Crippen molar-refractivity contribution in [1.29, 1.82) is 0 Å². The van der Waals surface area contributed by atoms with Crippen LogP contribution in [0, 0.1) is 13.8 Å². The number of carbonyl (C=O) groups excluding carboxylic acids is 1. The van der Waals surface area contributed by atoms with E-state index in [1.54, 1.807) is 7.11 Å². The summed E-state index contributed by atoms with van der Waals surface area (Å²) in [5, 5.41) is 2.96. The van der Waals surface area contributed by atoms with Crippen LogP contribution in [0.3, 0.4) is 0 Å². The number of morpholine rings is 1. The molecule has 0 aromatic heterocycles. The van der Waals surface area contributed by atoms with E-state index in [0.717, 1.165) is 35.7 Å². The minimum atomic E-state index is -0.210. The van der Waals surface area contributed by atoms with Gasteiger partial charge in [-0.15, -0.1) is 0 Å². The molecular weight excluding hydrogens is 344 g/mol. The molecule has 27 heavy (non-hydrogen) atoms. The molecule has 0 atom stereocenters. The van der Waals surface area contributed by atoms with Crippen molar-refractivity contribution in [3.63, 3.8) is 0 Å². The molecule has 3 rings (SSSR count). The Kier molecular flexibility index (Phi) is 6.19. The van der Waals surface area contributed by atoms with Gasteiger partial charge in [0, 0.05) is 19.2 Å². The zero-order valence-electron chi connectivity index (χ0n) is 16.1. The number of rotatable bonds is 6. The summed E-state index contributed by atoms with van der Waals surface area (Å²) in [6.45, 7) is 6.87. The predicted octanol–water partition coefficient (Wildman–Crippen LogP) is 3.17. The lowest BCUT2D eigenvalue weighted by atomic mass is 10.1. The van der Waals surface area contributed by atoms with Crippen molar-refractivity contribution in [2.24, 2.45) is 0 Å². The third kappa shape index (κ3) is 4.92. The Morgan fingerprint density at radius 1 is 1.15 bits per heavy atom. The fourth-order valence-corrected chi connectivity index (χ4v) is 3.11. The van der Waals surface area contributed by atoms with Crippen LogP contribution in [-0.4, -0.2) is 45.9 Å². The van der Waals surface area contributed by atoms with E-state index in [9.17, 15) is 4.79 Å². The van der Waals surface area contributed by atoms with Crippen molar-refractivity contribution in [3.05, 3.63) is 47.5 Å². The largest absolute Gasteiger partial charge is 0.497 e. The number of ether oxygens (including phenoxy) is 3. The van der Waals surface area contributed by atoms with E-state index in [-0.39, 0.29) is 12.5 Å². The second-order valence-electron chi connectivity index (χ2n) is 6.59. The third-order valence-corrected chi connectivity index (χ3v) is 4.52. The summed E-state index contributed by atoms with van der Waals surface area (Å²) < 4.78 is 16.4. The number of nitrogens with zero attached hydrogens (tertiary/aromatic N) is 1. The highest BCUT2D eigenvalue weighted by Gasteiger charge is 2.17. The van der Waals surface area contributed by atoms with Crippen LogP contribution in [0.15, 0.2) is 36.4 Å². The zero-order valence-corrected chi connectivity index (χ0v) is 16.1. The van der Waals surface area contributed by atoms with Crippen LogP contribution in [0.4, 0.5) is 11.4 Å². The predicted molar refractivity (Wildman–Crippen MR) is 106 cm³/mol. The number of hydrogen-bond donors (Lipinski definition) is 1. The van der Waals surface area contributed by atoms with E-state index in [0.29, 0.717) is 24.7 Å². The molecule has 1 N–H and O–H groups in total. The zero-order chi connectivity index (χ0) is 19.2. The molecule has 0 bridgehead atoms. The smallest absolute Gasteiger partial charge is 0.262 e. The highest BCUT2D eigenvalue weighted by Crippen LogP contribution is 2.31. The third-order valence-electron chi connectivity index (χ3n) is 4.52. The first-order valence-electron chi connectivity index (χ1n) is 9.07. The highest BCUT2D eigenvalue weighted by atomic mass is 16.5. The molecule has 0 saturated carbocycles. The van der Waals surface area contributed by atoms with Crippen LogP contribution in [-0.2, 0) is 9.53 Å². The van der Waals surface area contributed by atoms with Gasteiger partial charge in [-0.1, -0.05) is 17.7 Å². The minimum absolute atomic E-state index is 0.0519. The molecule has 1 amide bonds. The number of aryl methyl sites for hydroxylation is 2. The number of anilines is 2. The van der Waals surface area contributed by atoms with Gasteiger partial charge in [0.2, 0.25) is 0 Å².